The van der Waals surface area contributed by atoms with Gasteiger partial charge >= 0.3 is 16.6 Å². The highest BCUT2D eigenvalue weighted by molar-refractivity contribution is 7.62. The lowest BCUT2D eigenvalue weighted by molar-refractivity contribution is -0.115. The molecule has 0 aliphatic carbocycles. The second-order valence-electron chi connectivity index (χ2n) is 3.84. The number of nitrogens with zero attached hydrogens (tertiary/aromatic N) is 1. The van der Waals surface area contributed by atoms with Gasteiger partial charge < -0.3 is 10.1 Å². The van der Waals surface area contributed by atoms with Crippen molar-refractivity contribution in [2.75, 3.05) is 11.9 Å². The van der Waals surface area contributed by atoms with Crippen LogP contribution in [-0.4, -0.2) is 27.0 Å². The average Bonchev–Trinajstić information content (AvgIpc) is 2.69. The molecular formula is C11H10N2O5S. The summed E-state index contributed by atoms with van der Waals surface area (Å²) >= 11 is 0. The van der Waals surface area contributed by atoms with E-state index in [4.69, 9.17) is 0 Å². The van der Waals surface area contributed by atoms with E-state index in [-0.39, 0.29) is 12.5 Å². The lowest BCUT2D eigenvalue weighted by Gasteiger charge is -2.06. The van der Waals surface area contributed by atoms with Gasteiger partial charge in [-0.2, -0.15) is 8.42 Å². The molecule has 0 fully saturated rings. The van der Waals surface area contributed by atoms with Gasteiger partial charge in [-0.1, -0.05) is 16.5 Å². The van der Waals surface area contributed by atoms with Crippen LogP contribution in [0.25, 0.3) is 0 Å². The van der Waals surface area contributed by atoms with Crippen molar-refractivity contribution >= 4 is 28.2 Å². The van der Waals surface area contributed by atoms with Crippen LogP contribution >= 0.6 is 0 Å². The largest absolute Gasteiger partial charge is 0.448 e. The van der Waals surface area contributed by atoms with E-state index in [2.05, 4.69) is 14.4 Å². The molecule has 0 atom stereocenters. The molecule has 0 unspecified atom stereocenters. The van der Waals surface area contributed by atoms with Crippen LogP contribution in [0.4, 0.5) is 10.5 Å². The van der Waals surface area contributed by atoms with Crippen molar-refractivity contribution in [3.63, 3.8) is 0 Å². The van der Waals surface area contributed by atoms with E-state index in [9.17, 15) is 18.0 Å². The number of nitrogens with one attached hydrogen (secondary N) is 1. The molecule has 7 nitrogen and oxygen atoms in total. The van der Waals surface area contributed by atoms with Gasteiger partial charge in [0.2, 0.25) is 5.91 Å². The number of benzene rings is 1. The molecule has 2 rings (SSSR count). The molecule has 1 aliphatic rings. The molecule has 8 heteroatoms. The predicted molar refractivity (Wildman–Crippen MR) is 65.2 cm³/mol. The van der Waals surface area contributed by atoms with Gasteiger partial charge in [0.15, 0.2) is 0 Å². The Bertz CT molecular complexity index is 658. The maximum Gasteiger partial charge on any atom is 0.448 e. The highest BCUT2D eigenvalue weighted by Crippen LogP contribution is 2.26. The normalized spacial score (nSPS) is 12.5. The van der Waals surface area contributed by atoms with Gasteiger partial charge in [-0.3, -0.25) is 4.79 Å². The molecular weight excluding hydrogens is 272 g/mol. The third kappa shape index (κ3) is 3.38. The van der Waals surface area contributed by atoms with Crippen molar-refractivity contribution in [2.24, 2.45) is 4.36 Å². The van der Waals surface area contributed by atoms with Gasteiger partial charge in [0, 0.05) is 12.1 Å². The van der Waals surface area contributed by atoms with E-state index in [1.165, 1.54) is 0 Å². The van der Waals surface area contributed by atoms with Gasteiger partial charge in [0.25, 0.3) is 0 Å². The Morgan fingerprint density at radius 3 is 2.95 bits per heavy atom. The molecule has 1 heterocycles. The second kappa shape index (κ2) is 5.61. The first-order chi connectivity index (χ1) is 9.06. The average molecular weight is 282 g/mol. The Morgan fingerprint density at radius 1 is 1.42 bits per heavy atom. The van der Waals surface area contributed by atoms with Crippen LogP contribution < -0.4 is 5.32 Å². The first kappa shape index (κ1) is 13.2. The minimum atomic E-state index is -2.80. The van der Waals surface area contributed by atoms with Crippen LogP contribution in [-0.2, 0) is 32.9 Å². The first-order valence-electron chi connectivity index (χ1n) is 5.45. The number of carbonyl (C=O) groups excluding carboxylic acids is 2. The van der Waals surface area contributed by atoms with E-state index in [1.54, 1.807) is 12.1 Å². The standard InChI is InChI=1S/C11H10N2O5S/c14-10-6-8-7(2-1-3-9(8)12-10)4-5-18-11(15)13-19(16)17/h1-3H,4-6H2,(H,12,14). The zero-order valence-electron chi connectivity index (χ0n) is 9.75. The summed E-state index contributed by atoms with van der Waals surface area (Å²) in [5.74, 6) is -0.0730. The van der Waals surface area contributed by atoms with Crippen LogP contribution in [0.1, 0.15) is 11.1 Å². The number of anilines is 1. The fraction of sp³-hybridized carbons (Fsp3) is 0.273. The van der Waals surface area contributed by atoms with Gasteiger partial charge in [-0.25, -0.2) is 4.79 Å². The van der Waals surface area contributed by atoms with Crippen molar-refractivity contribution in [3.8, 4) is 0 Å². The molecule has 0 aromatic heterocycles. The van der Waals surface area contributed by atoms with Crippen molar-refractivity contribution in [1.29, 1.82) is 0 Å². The Balaban J connectivity index is 1.98. The molecule has 0 spiro atoms. The smallest absolute Gasteiger partial charge is 0.447 e. The van der Waals surface area contributed by atoms with Crippen molar-refractivity contribution in [2.45, 2.75) is 12.8 Å². The summed E-state index contributed by atoms with van der Waals surface area (Å²) in [5, 5.41) is 2.72. The number of hydrogen-bond acceptors (Lipinski definition) is 5. The van der Waals surface area contributed by atoms with Gasteiger partial charge in [-0.15, -0.1) is 0 Å². The van der Waals surface area contributed by atoms with Crippen LogP contribution in [0.3, 0.4) is 0 Å². The zero-order chi connectivity index (χ0) is 13.8. The summed E-state index contributed by atoms with van der Waals surface area (Å²) in [6, 6.07) is 5.42. The first-order valence-corrected chi connectivity index (χ1v) is 6.48. The summed E-state index contributed by atoms with van der Waals surface area (Å²) in [5.41, 5.74) is 2.53. The summed E-state index contributed by atoms with van der Waals surface area (Å²) in [4.78, 5) is 22.2. The van der Waals surface area contributed by atoms with Gasteiger partial charge in [0.05, 0.1) is 13.0 Å². The second-order valence-corrected chi connectivity index (χ2v) is 4.46. The maximum atomic E-state index is 11.3. The molecule has 1 N–H and O–H groups in total. The van der Waals surface area contributed by atoms with Crippen LogP contribution in [0.5, 0.6) is 0 Å². The van der Waals surface area contributed by atoms with Gasteiger partial charge in [-0.05, 0) is 17.2 Å². The quantitative estimate of drug-likeness (QED) is 0.888. The van der Waals surface area contributed by atoms with Crippen molar-refractivity contribution in [1.82, 2.24) is 0 Å². The Morgan fingerprint density at radius 2 is 2.21 bits per heavy atom. The summed E-state index contributed by atoms with van der Waals surface area (Å²) in [6.07, 6.45) is -0.450. The molecule has 1 aromatic rings. The van der Waals surface area contributed by atoms with Crippen LogP contribution in [0.15, 0.2) is 22.6 Å². The predicted octanol–water partition coefficient (Wildman–Crippen LogP) is 0.923. The minimum Gasteiger partial charge on any atom is -0.447 e. The molecule has 1 aromatic carbocycles. The number of fused-ring (bicyclic) bond motifs is 1. The fourth-order valence-corrected chi connectivity index (χ4v) is 2.06. The van der Waals surface area contributed by atoms with Gasteiger partial charge in [0.1, 0.15) is 0 Å². The van der Waals surface area contributed by atoms with Crippen LogP contribution in [0.2, 0.25) is 0 Å². The van der Waals surface area contributed by atoms with E-state index in [1.807, 2.05) is 6.07 Å². The molecule has 0 bridgehead atoms. The molecule has 19 heavy (non-hydrogen) atoms. The summed E-state index contributed by atoms with van der Waals surface area (Å²) < 4.78 is 27.6. The zero-order valence-corrected chi connectivity index (χ0v) is 10.6. The third-order valence-electron chi connectivity index (χ3n) is 2.63. The number of hydrogen-bond donors (Lipinski definition) is 1. The number of amides is 2. The van der Waals surface area contributed by atoms with E-state index in [0.29, 0.717) is 12.8 Å². The lowest BCUT2D eigenvalue weighted by atomic mass is 10.0. The summed E-state index contributed by atoms with van der Waals surface area (Å²) in [6.45, 7) is 0.00414. The Kier molecular flexibility index (Phi) is 3.91. The molecule has 0 radical (unpaired) electrons. The topological polar surface area (TPSA) is 102 Å². The van der Waals surface area contributed by atoms with Crippen molar-refractivity contribution < 1.29 is 22.7 Å². The number of ether oxygens (including phenoxy) is 1. The number of carbonyl (C=O) groups is 2. The monoisotopic (exact) mass is 282 g/mol. The Labute approximate surface area is 110 Å². The van der Waals surface area contributed by atoms with E-state index >= 15 is 0 Å². The fourth-order valence-electron chi connectivity index (χ4n) is 1.89. The minimum absolute atomic E-state index is 0.00414. The SMILES string of the molecule is O=C1Cc2c(CCOC(=O)N=S(=O)=O)cccc2N1. The molecule has 0 saturated heterocycles. The third-order valence-corrected chi connectivity index (χ3v) is 2.93. The molecule has 2 amide bonds. The van der Waals surface area contributed by atoms with Crippen molar-refractivity contribution in [3.05, 3.63) is 29.3 Å². The van der Waals surface area contributed by atoms with Crippen LogP contribution in [0, 0.1) is 0 Å². The highest BCUT2D eigenvalue weighted by Gasteiger charge is 2.20. The molecule has 100 valence electrons. The highest BCUT2D eigenvalue weighted by atomic mass is 32.2. The summed E-state index contributed by atoms with van der Waals surface area (Å²) in [7, 11) is -2.80. The lowest BCUT2D eigenvalue weighted by Crippen LogP contribution is -2.05. The van der Waals surface area contributed by atoms with E-state index < -0.39 is 16.6 Å². The Hall–Kier alpha value is -2.22. The number of rotatable bonds is 3. The molecule has 1 aliphatic heterocycles. The van der Waals surface area contributed by atoms with E-state index in [0.717, 1.165) is 16.8 Å². The molecule has 0 saturated carbocycles. The maximum absolute atomic E-state index is 11.3.